The van der Waals surface area contributed by atoms with E-state index < -0.39 is 0 Å². The summed E-state index contributed by atoms with van der Waals surface area (Å²) in [5.41, 5.74) is 5.93. The van der Waals surface area contributed by atoms with Gasteiger partial charge in [-0.25, -0.2) is 8.78 Å². The van der Waals surface area contributed by atoms with E-state index in [0.29, 0.717) is 0 Å². The third kappa shape index (κ3) is 4.76. The van der Waals surface area contributed by atoms with E-state index in [-0.39, 0.29) is 13.3 Å². The molecule has 0 radical (unpaired) electrons. The molecule has 0 N–H and O–H groups in total. The molecule has 0 aliphatic carbocycles. The zero-order chi connectivity index (χ0) is 15.1. The molecule has 2 rings (SSSR count). The molecule has 108 valence electrons. The van der Waals surface area contributed by atoms with Crippen molar-refractivity contribution in [3.63, 3.8) is 0 Å². The summed E-state index contributed by atoms with van der Waals surface area (Å²) in [7, 11) is 0. The van der Waals surface area contributed by atoms with Gasteiger partial charge in [-0.05, 0) is 49.9 Å². The van der Waals surface area contributed by atoms with E-state index >= 15 is 0 Å². The highest BCUT2D eigenvalue weighted by atomic mass is 19.1. The Morgan fingerprint density at radius 1 is 0.650 bits per heavy atom. The fourth-order valence-electron chi connectivity index (χ4n) is 1.89. The number of benzene rings is 2. The van der Waals surface area contributed by atoms with Crippen LogP contribution in [-0.4, -0.2) is 0 Å². The van der Waals surface area contributed by atoms with Crippen molar-refractivity contribution in [1.29, 1.82) is 0 Å². The van der Waals surface area contributed by atoms with Crippen molar-refractivity contribution in [2.75, 3.05) is 0 Å². The van der Waals surface area contributed by atoms with Gasteiger partial charge in [-0.1, -0.05) is 47.5 Å². The Balaban J connectivity index is 0.000000200. The number of rotatable bonds is 2. The minimum Gasteiger partial charge on any atom is -0.246 e. The molecule has 0 atom stereocenters. The first kappa shape index (κ1) is 16.4. The van der Waals surface area contributed by atoms with Gasteiger partial charge < -0.3 is 0 Å². The molecule has 0 fully saturated rings. The van der Waals surface area contributed by atoms with E-state index in [1.165, 1.54) is 0 Å². The largest absolute Gasteiger partial charge is 0.246 e. The molecular formula is C18H22F2. The smallest absolute Gasteiger partial charge is 0.115 e. The first-order valence-corrected chi connectivity index (χ1v) is 6.72. The molecule has 0 spiro atoms. The average Bonchev–Trinajstić information content (AvgIpc) is 2.44. The Hall–Kier alpha value is -1.70. The fraction of sp³-hybridized carbons (Fsp3) is 0.333. The van der Waals surface area contributed by atoms with Crippen LogP contribution in [0, 0.1) is 27.7 Å². The van der Waals surface area contributed by atoms with Crippen LogP contribution in [0.15, 0.2) is 36.4 Å². The van der Waals surface area contributed by atoms with E-state index in [4.69, 9.17) is 0 Å². The zero-order valence-corrected chi connectivity index (χ0v) is 12.6. The molecule has 0 aliphatic rings. The van der Waals surface area contributed by atoms with Gasteiger partial charge in [0.15, 0.2) is 0 Å². The quantitative estimate of drug-likeness (QED) is 0.675. The first-order chi connectivity index (χ1) is 9.47. The monoisotopic (exact) mass is 276 g/mol. The summed E-state index contributed by atoms with van der Waals surface area (Å²) >= 11 is 0. The number of alkyl halides is 2. The van der Waals surface area contributed by atoms with Gasteiger partial charge in [0.25, 0.3) is 0 Å². The molecule has 0 unspecified atom stereocenters. The summed E-state index contributed by atoms with van der Waals surface area (Å²) in [6, 6.07) is 11.7. The molecule has 2 aromatic carbocycles. The molecule has 0 saturated heterocycles. The summed E-state index contributed by atoms with van der Waals surface area (Å²) in [5.74, 6) is 0. The van der Waals surface area contributed by atoms with Gasteiger partial charge in [0.1, 0.15) is 13.3 Å². The Morgan fingerprint density at radius 3 is 1.25 bits per heavy atom. The molecule has 2 aromatic rings. The summed E-state index contributed by atoms with van der Waals surface area (Å²) < 4.78 is 24.3. The highest BCUT2D eigenvalue weighted by Gasteiger charge is 1.96. The van der Waals surface area contributed by atoms with Crippen LogP contribution in [0.2, 0.25) is 0 Å². The van der Waals surface area contributed by atoms with Crippen LogP contribution in [0.25, 0.3) is 0 Å². The summed E-state index contributed by atoms with van der Waals surface area (Å²) in [4.78, 5) is 0. The zero-order valence-electron chi connectivity index (χ0n) is 12.6. The van der Waals surface area contributed by atoms with Gasteiger partial charge in [0.05, 0.1) is 0 Å². The van der Waals surface area contributed by atoms with Crippen LogP contribution in [-0.2, 0) is 13.3 Å². The van der Waals surface area contributed by atoms with Gasteiger partial charge in [-0.3, -0.25) is 0 Å². The second-order valence-corrected chi connectivity index (χ2v) is 5.13. The number of halogens is 2. The minimum absolute atomic E-state index is 0.354. The highest BCUT2D eigenvalue weighted by molar-refractivity contribution is 5.30. The second-order valence-electron chi connectivity index (χ2n) is 5.13. The summed E-state index contributed by atoms with van der Waals surface area (Å²) in [5, 5.41) is 0. The molecule has 0 amide bonds. The maximum absolute atomic E-state index is 12.2. The van der Waals surface area contributed by atoms with E-state index in [1.807, 2.05) is 64.1 Å². The molecule has 0 aliphatic heterocycles. The van der Waals surface area contributed by atoms with Crippen molar-refractivity contribution in [3.8, 4) is 0 Å². The van der Waals surface area contributed by atoms with Gasteiger partial charge in [-0.2, -0.15) is 0 Å². The molecule has 0 heterocycles. The Bertz CT molecular complexity index is 508. The van der Waals surface area contributed by atoms with E-state index in [1.54, 1.807) is 0 Å². The maximum atomic E-state index is 12.2. The SMILES string of the molecule is Cc1ccc(C)c(CF)c1.Cc1ccc(C)c(CF)c1. The molecule has 20 heavy (non-hydrogen) atoms. The van der Waals surface area contributed by atoms with E-state index in [0.717, 1.165) is 33.4 Å². The lowest BCUT2D eigenvalue weighted by Crippen LogP contribution is -1.85. The maximum Gasteiger partial charge on any atom is 0.115 e. The number of hydrogen-bond donors (Lipinski definition) is 0. The molecule has 0 bridgehead atoms. The topological polar surface area (TPSA) is 0 Å². The van der Waals surface area contributed by atoms with E-state index in [2.05, 4.69) is 0 Å². The fourth-order valence-corrected chi connectivity index (χ4v) is 1.89. The highest BCUT2D eigenvalue weighted by Crippen LogP contribution is 2.11. The van der Waals surface area contributed by atoms with Crippen molar-refractivity contribution < 1.29 is 8.78 Å². The second kappa shape index (κ2) is 7.78. The van der Waals surface area contributed by atoms with Crippen molar-refractivity contribution in [3.05, 3.63) is 69.8 Å². The van der Waals surface area contributed by atoms with Crippen LogP contribution in [0.5, 0.6) is 0 Å². The predicted molar refractivity (Wildman–Crippen MR) is 81.5 cm³/mol. The number of hydrogen-bond acceptors (Lipinski definition) is 0. The first-order valence-electron chi connectivity index (χ1n) is 6.72. The van der Waals surface area contributed by atoms with Gasteiger partial charge in [-0.15, -0.1) is 0 Å². The standard InChI is InChI=1S/2C9H11F/c2*1-7-3-4-8(2)9(5-7)6-10/h2*3-5H,6H2,1-2H3. The van der Waals surface area contributed by atoms with Crippen LogP contribution in [0.3, 0.4) is 0 Å². The molecule has 0 saturated carbocycles. The van der Waals surface area contributed by atoms with Crippen molar-refractivity contribution >= 4 is 0 Å². The Morgan fingerprint density at radius 2 is 1.00 bits per heavy atom. The van der Waals surface area contributed by atoms with Crippen LogP contribution in [0.1, 0.15) is 33.4 Å². The Labute approximate surface area is 120 Å². The third-order valence-electron chi connectivity index (χ3n) is 3.30. The Kier molecular flexibility index (Phi) is 6.37. The molecule has 0 nitrogen and oxygen atoms in total. The molecular weight excluding hydrogens is 254 g/mol. The molecule has 0 aromatic heterocycles. The lowest BCUT2D eigenvalue weighted by Gasteiger charge is -2.00. The summed E-state index contributed by atoms with van der Waals surface area (Å²) in [6.07, 6.45) is 0. The summed E-state index contributed by atoms with van der Waals surface area (Å²) in [6.45, 7) is 7.08. The predicted octanol–water partition coefficient (Wildman–Crippen LogP) is 5.55. The van der Waals surface area contributed by atoms with Crippen LogP contribution in [0.4, 0.5) is 8.78 Å². The lowest BCUT2D eigenvalue weighted by molar-refractivity contribution is 0.483. The van der Waals surface area contributed by atoms with Crippen LogP contribution < -0.4 is 0 Å². The average molecular weight is 276 g/mol. The third-order valence-corrected chi connectivity index (χ3v) is 3.30. The van der Waals surface area contributed by atoms with Gasteiger partial charge in [0.2, 0.25) is 0 Å². The van der Waals surface area contributed by atoms with Crippen molar-refractivity contribution in [2.24, 2.45) is 0 Å². The van der Waals surface area contributed by atoms with Gasteiger partial charge in [0, 0.05) is 0 Å². The van der Waals surface area contributed by atoms with E-state index in [9.17, 15) is 8.78 Å². The minimum atomic E-state index is -0.354. The molecule has 2 heteroatoms. The number of aryl methyl sites for hydroxylation is 4. The van der Waals surface area contributed by atoms with Gasteiger partial charge >= 0.3 is 0 Å². The lowest BCUT2D eigenvalue weighted by atomic mass is 10.1. The van der Waals surface area contributed by atoms with Crippen LogP contribution >= 0.6 is 0 Å². The van der Waals surface area contributed by atoms with Crippen molar-refractivity contribution in [2.45, 2.75) is 41.0 Å². The normalized spacial score (nSPS) is 9.90. The van der Waals surface area contributed by atoms with Crippen molar-refractivity contribution in [1.82, 2.24) is 0 Å².